The van der Waals surface area contributed by atoms with Crippen LogP contribution in [0.5, 0.6) is 0 Å². The Bertz CT molecular complexity index is 241. The molecule has 1 atom stereocenters. The summed E-state index contributed by atoms with van der Waals surface area (Å²) in [4.78, 5) is 10.3. The van der Waals surface area contributed by atoms with E-state index in [1.165, 1.54) is 5.56 Å². The van der Waals surface area contributed by atoms with Crippen LogP contribution in [0.4, 0.5) is 0 Å². The highest BCUT2D eigenvalue weighted by Gasteiger charge is 2.09. The first kappa shape index (κ1) is 9.97. The van der Waals surface area contributed by atoms with E-state index in [-0.39, 0.29) is 0 Å². The maximum absolute atomic E-state index is 10.3. The Kier molecular flexibility index (Phi) is 4.24. The Hall–Kier alpha value is -1.11. The zero-order valence-electron chi connectivity index (χ0n) is 7.99. The lowest BCUT2D eigenvalue weighted by Crippen LogP contribution is -1.98. The van der Waals surface area contributed by atoms with Gasteiger partial charge >= 0.3 is 0 Å². The first-order valence-corrected chi connectivity index (χ1v) is 4.78. The van der Waals surface area contributed by atoms with E-state index < -0.39 is 0 Å². The normalized spacial score (nSPS) is 12.4. The van der Waals surface area contributed by atoms with E-state index in [4.69, 9.17) is 0 Å². The standard InChI is InChI=1S/C12H15O/c1-2-6-11(9-10-13)12-7-4-3-5-8-12/h3-5,7-8,11H,2,6,9H2,1H3. The molecule has 0 aliphatic rings. The van der Waals surface area contributed by atoms with E-state index in [9.17, 15) is 4.79 Å². The lowest BCUT2D eigenvalue weighted by Gasteiger charge is -2.12. The Morgan fingerprint density at radius 3 is 2.54 bits per heavy atom. The largest absolute Gasteiger partial charge is 0.291 e. The molecule has 0 spiro atoms. The minimum Gasteiger partial charge on any atom is -0.291 e. The van der Waals surface area contributed by atoms with Crippen molar-refractivity contribution in [1.29, 1.82) is 0 Å². The number of rotatable bonds is 5. The van der Waals surface area contributed by atoms with Gasteiger partial charge in [-0.1, -0.05) is 43.7 Å². The summed E-state index contributed by atoms with van der Waals surface area (Å²) in [6, 6.07) is 10.2. The molecule has 0 aromatic heterocycles. The van der Waals surface area contributed by atoms with E-state index in [2.05, 4.69) is 19.1 Å². The fraction of sp³-hybridized carbons (Fsp3) is 0.417. The third-order valence-electron chi connectivity index (χ3n) is 2.24. The van der Waals surface area contributed by atoms with Crippen LogP contribution in [0.25, 0.3) is 0 Å². The minimum absolute atomic E-state index is 0.365. The molecule has 0 amide bonds. The smallest absolute Gasteiger partial charge is 0.199 e. The van der Waals surface area contributed by atoms with Crippen molar-refractivity contribution in [3.05, 3.63) is 35.9 Å². The van der Waals surface area contributed by atoms with E-state index >= 15 is 0 Å². The molecule has 0 saturated carbocycles. The first-order valence-electron chi connectivity index (χ1n) is 4.78. The highest BCUT2D eigenvalue weighted by Crippen LogP contribution is 2.23. The highest BCUT2D eigenvalue weighted by molar-refractivity contribution is 5.52. The quantitative estimate of drug-likeness (QED) is 0.672. The highest BCUT2D eigenvalue weighted by atomic mass is 16.1. The molecular weight excluding hydrogens is 160 g/mol. The van der Waals surface area contributed by atoms with Gasteiger partial charge in [0.25, 0.3) is 0 Å². The van der Waals surface area contributed by atoms with Crippen molar-refractivity contribution in [3.8, 4) is 0 Å². The number of carbonyl (C=O) groups excluding carboxylic acids is 1. The fourth-order valence-corrected chi connectivity index (χ4v) is 1.56. The van der Waals surface area contributed by atoms with Gasteiger partial charge in [0.05, 0.1) is 0 Å². The van der Waals surface area contributed by atoms with Gasteiger partial charge < -0.3 is 0 Å². The van der Waals surface area contributed by atoms with Crippen molar-refractivity contribution in [1.82, 2.24) is 0 Å². The van der Waals surface area contributed by atoms with Crippen molar-refractivity contribution in [2.24, 2.45) is 0 Å². The summed E-state index contributed by atoms with van der Waals surface area (Å²) in [7, 11) is 0. The van der Waals surface area contributed by atoms with Crippen LogP contribution < -0.4 is 0 Å². The zero-order chi connectivity index (χ0) is 9.52. The fourth-order valence-electron chi connectivity index (χ4n) is 1.56. The van der Waals surface area contributed by atoms with E-state index in [1.807, 2.05) is 24.5 Å². The molecule has 1 aromatic rings. The van der Waals surface area contributed by atoms with Gasteiger partial charge in [0, 0.05) is 6.42 Å². The Labute approximate surface area is 79.8 Å². The van der Waals surface area contributed by atoms with Crippen LogP contribution in [-0.4, -0.2) is 6.29 Å². The van der Waals surface area contributed by atoms with Crippen molar-refractivity contribution in [3.63, 3.8) is 0 Å². The molecule has 0 aliphatic carbocycles. The topological polar surface area (TPSA) is 17.1 Å². The average molecular weight is 175 g/mol. The van der Waals surface area contributed by atoms with Gasteiger partial charge in [0.2, 0.25) is 0 Å². The molecule has 0 aliphatic heterocycles. The molecule has 0 N–H and O–H groups in total. The average Bonchev–Trinajstić information content (AvgIpc) is 2.19. The van der Waals surface area contributed by atoms with Crippen LogP contribution in [0.1, 0.15) is 37.7 Å². The van der Waals surface area contributed by atoms with Gasteiger partial charge in [0.15, 0.2) is 6.29 Å². The molecule has 0 heterocycles. The Morgan fingerprint density at radius 1 is 1.31 bits per heavy atom. The summed E-state index contributed by atoms with van der Waals surface area (Å²) in [6.45, 7) is 2.14. The molecule has 0 bridgehead atoms. The molecule has 1 unspecified atom stereocenters. The summed E-state index contributed by atoms with van der Waals surface area (Å²) >= 11 is 0. The summed E-state index contributed by atoms with van der Waals surface area (Å²) < 4.78 is 0. The third-order valence-corrected chi connectivity index (χ3v) is 2.24. The first-order chi connectivity index (χ1) is 6.38. The van der Waals surface area contributed by atoms with E-state index in [0.29, 0.717) is 12.3 Å². The number of benzene rings is 1. The number of hydrogen-bond acceptors (Lipinski definition) is 1. The monoisotopic (exact) mass is 175 g/mol. The van der Waals surface area contributed by atoms with Gasteiger partial charge in [-0.25, -0.2) is 0 Å². The van der Waals surface area contributed by atoms with E-state index in [0.717, 1.165) is 12.8 Å². The molecular formula is C12H15O. The zero-order valence-corrected chi connectivity index (χ0v) is 7.99. The van der Waals surface area contributed by atoms with Gasteiger partial charge in [0.1, 0.15) is 0 Å². The van der Waals surface area contributed by atoms with Crippen LogP contribution in [0.3, 0.4) is 0 Å². The predicted molar refractivity (Wildman–Crippen MR) is 54.4 cm³/mol. The van der Waals surface area contributed by atoms with Gasteiger partial charge in [-0.3, -0.25) is 4.79 Å². The van der Waals surface area contributed by atoms with Crippen molar-refractivity contribution in [2.45, 2.75) is 32.1 Å². The second kappa shape index (κ2) is 5.52. The van der Waals surface area contributed by atoms with Gasteiger partial charge in [-0.05, 0) is 17.9 Å². The predicted octanol–water partition coefficient (Wildman–Crippen LogP) is 3.07. The lowest BCUT2D eigenvalue weighted by molar-refractivity contribution is 0.533. The second-order valence-electron chi connectivity index (χ2n) is 3.24. The van der Waals surface area contributed by atoms with Gasteiger partial charge in [-0.2, -0.15) is 0 Å². The minimum atomic E-state index is 0.365. The van der Waals surface area contributed by atoms with E-state index in [1.54, 1.807) is 0 Å². The molecule has 1 radical (unpaired) electrons. The Morgan fingerprint density at radius 2 is 2.00 bits per heavy atom. The SMILES string of the molecule is CCCC(C[C]=O)c1ccccc1. The molecule has 13 heavy (non-hydrogen) atoms. The van der Waals surface area contributed by atoms with Crippen LogP contribution >= 0.6 is 0 Å². The molecule has 0 fully saturated rings. The lowest BCUT2D eigenvalue weighted by atomic mass is 9.92. The van der Waals surface area contributed by atoms with Crippen LogP contribution in [-0.2, 0) is 4.79 Å². The maximum Gasteiger partial charge on any atom is 0.199 e. The molecule has 1 heteroatoms. The maximum atomic E-state index is 10.3. The third kappa shape index (κ3) is 3.02. The van der Waals surface area contributed by atoms with Crippen LogP contribution in [0, 0.1) is 0 Å². The summed E-state index contributed by atoms with van der Waals surface area (Å²) in [6.07, 6.45) is 4.71. The van der Waals surface area contributed by atoms with Crippen molar-refractivity contribution in [2.75, 3.05) is 0 Å². The van der Waals surface area contributed by atoms with Gasteiger partial charge in [-0.15, -0.1) is 0 Å². The molecule has 0 saturated heterocycles. The summed E-state index contributed by atoms with van der Waals surface area (Å²) in [5.74, 6) is 0.365. The Balaban J connectivity index is 2.69. The summed E-state index contributed by atoms with van der Waals surface area (Å²) in [5, 5.41) is 0. The second-order valence-corrected chi connectivity index (χ2v) is 3.24. The molecule has 1 nitrogen and oxygen atoms in total. The molecule has 69 valence electrons. The van der Waals surface area contributed by atoms with Crippen molar-refractivity contribution < 1.29 is 4.79 Å². The molecule has 1 aromatic carbocycles. The van der Waals surface area contributed by atoms with Crippen LogP contribution in [0.2, 0.25) is 0 Å². The van der Waals surface area contributed by atoms with Crippen LogP contribution in [0.15, 0.2) is 30.3 Å². The molecule has 1 rings (SSSR count). The number of hydrogen-bond donors (Lipinski definition) is 0. The van der Waals surface area contributed by atoms with Crippen molar-refractivity contribution >= 4 is 6.29 Å². The summed E-state index contributed by atoms with van der Waals surface area (Å²) in [5.41, 5.74) is 1.26.